The first-order valence-corrected chi connectivity index (χ1v) is 3.71. The molecule has 0 heterocycles. The fourth-order valence-corrected chi connectivity index (χ4v) is 1.37. The molecule has 2 atom stereocenters. The van der Waals surface area contributed by atoms with Gasteiger partial charge in [0.25, 0.3) is 6.04 Å². The van der Waals surface area contributed by atoms with E-state index in [4.69, 9.17) is 5.41 Å². The second-order valence-electron chi connectivity index (χ2n) is 2.81. The fraction of sp³-hybridized carbons (Fsp3) is 0.833. The number of nitro groups is 1. The molecule has 0 saturated heterocycles. The van der Waals surface area contributed by atoms with Crippen LogP contribution in [0, 0.1) is 20.4 Å². The van der Waals surface area contributed by atoms with E-state index in [1.807, 2.05) is 0 Å². The normalized spacial score (nSPS) is 29.8. The average molecular weight is 171 g/mol. The van der Waals surface area contributed by atoms with E-state index in [0.29, 0.717) is 19.3 Å². The van der Waals surface area contributed by atoms with Gasteiger partial charge in [0.1, 0.15) is 11.8 Å². The molecule has 0 bridgehead atoms. The van der Waals surface area contributed by atoms with Crippen molar-refractivity contribution in [3.8, 4) is 0 Å². The summed E-state index contributed by atoms with van der Waals surface area (Å²) in [6.45, 7) is 0. The van der Waals surface area contributed by atoms with Gasteiger partial charge in [-0.3, -0.25) is 10.1 Å². The third kappa shape index (κ3) is 1.46. The van der Waals surface area contributed by atoms with Crippen molar-refractivity contribution in [2.24, 2.45) is 5.18 Å². The van der Waals surface area contributed by atoms with Gasteiger partial charge in [0, 0.05) is 11.3 Å². The summed E-state index contributed by atoms with van der Waals surface area (Å²) in [5.41, 5.74) is -0.138. The standard InChI is InChI=1S/C6H9N3O3/c7-6-4(8-10)2-1-3-5(6)9(11)12/h4-5,7H,1-3H2. The van der Waals surface area contributed by atoms with Crippen molar-refractivity contribution in [3.63, 3.8) is 0 Å². The fourth-order valence-electron chi connectivity index (χ4n) is 1.37. The summed E-state index contributed by atoms with van der Waals surface area (Å²) in [5, 5.41) is 20.3. The SMILES string of the molecule is N=C1C(N=O)CCCC1[N+](=O)[O-]. The Morgan fingerprint density at radius 2 is 2.25 bits per heavy atom. The van der Waals surface area contributed by atoms with E-state index in [9.17, 15) is 15.0 Å². The van der Waals surface area contributed by atoms with Gasteiger partial charge in [-0.25, -0.2) is 0 Å². The summed E-state index contributed by atoms with van der Waals surface area (Å²) in [5.74, 6) is 0. The van der Waals surface area contributed by atoms with Crippen molar-refractivity contribution in [2.75, 3.05) is 0 Å². The van der Waals surface area contributed by atoms with Gasteiger partial charge in [-0.05, 0) is 12.8 Å². The van der Waals surface area contributed by atoms with E-state index in [-0.39, 0.29) is 5.71 Å². The monoisotopic (exact) mass is 171 g/mol. The summed E-state index contributed by atoms with van der Waals surface area (Å²) in [6.07, 6.45) is 1.44. The highest BCUT2D eigenvalue weighted by Crippen LogP contribution is 2.19. The van der Waals surface area contributed by atoms with Crippen LogP contribution in [0.1, 0.15) is 19.3 Å². The van der Waals surface area contributed by atoms with E-state index < -0.39 is 17.0 Å². The zero-order chi connectivity index (χ0) is 9.14. The molecule has 6 nitrogen and oxygen atoms in total. The molecule has 0 aromatic rings. The van der Waals surface area contributed by atoms with Crippen molar-refractivity contribution in [2.45, 2.75) is 31.3 Å². The first-order chi connectivity index (χ1) is 5.66. The van der Waals surface area contributed by atoms with E-state index in [1.165, 1.54) is 0 Å². The van der Waals surface area contributed by atoms with Crippen LogP contribution in [0.25, 0.3) is 0 Å². The van der Waals surface area contributed by atoms with Gasteiger partial charge < -0.3 is 5.41 Å². The van der Waals surface area contributed by atoms with Crippen LogP contribution in [0.5, 0.6) is 0 Å². The molecule has 2 unspecified atom stereocenters. The number of hydrogen-bond donors (Lipinski definition) is 1. The molecule has 1 fully saturated rings. The van der Waals surface area contributed by atoms with Crippen LogP contribution in [0.4, 0.5) is 0 Å². The maximum atomic E-state index is 10.3. The number of nitrogens with one attached hydrogen (secondary N) is 1. The minimum atomic E-state index is -0.985. The molecule has 0 amide bonds. The Morgan fingerprint density at radius 3 is 2.75 bits per heavy atom. The Hall–Kier alpha value is -1.33. The average Bonchev–Trinajstić information content (AvgIpc) is 2.04. The number of rotatable bonds is 2. The molecule has 0 radical (unpaired) electrons. The zero-order valence-corrected chi connectivity index (χ0v) is 6.40. The van der Waals surface area contributed by atoms with Crippen LogP contribution < -0.4 is 0 Å². The lowest BCUT2D eigenvalue weighted by Gasteiger charge is -2.19. The summed E-state index contributed by atoms with van der Waals surface area (Å²) in [4.78, 5) is 20.0. The van der Waals surface area contributed by atoms with E-state index in [2.05, 4.69) is 5.18 Å². The van der Waals surface area contributed by atoms with Crippen molar-refractivity contribution < 1.29 is 4.92 Å². The lowest BCUT2D eigenvalue weighted by molar-refractivity contribution is -0.505. The number of nitroso groups, excluding NO2 is 1. The molecule has 0 spiro atoms. The van der Waals surface area contributed by atoms with Gasteiger partial charge in [-0.15, -0.1) is 0 Å². The minimum absolute atomic E-state index is 0.138. The second-order valence-corrected chi connectivity index (χ2v) is 2.81. The molecule has 1 aliphatic rings. The topological polar surface area (TPSA) is 96.4 Å². The van der Waals surface area contributed by atoms with Gasteiger partial charge >= 0.3 is 0 Å². The Labute approximate surface area is 68.6 Å². The first kappa shape index (κ1) is 8.76. The van der Waals surface area contributed by atoms with E-state index in [0.717, 1.165) is 0 Å². The summed E-state index contributed by atoms with van der Waals surface area (Å²) in [7, 11) is 0. The predicted molar refractivity (Wildman–Crippen MR) is 41.9 cm³/mol. The lowest BCUT2D eigenvalue weighted by atomic mass is 9.90. The number of nitrogens with zero attached hydrogens (tertiary/aromatic N) is 2. The lowest BCUT2D eigenvalue weighted by Crippen LogP contribution is -2.39. The van der Waals surface area contributed by atoms with Gasteiger partial charge in [-0.2, -0.15) is 4.91 Å². The molecule has 1 N–H and O–H groups in total. The van der Waals surface area contributed by atoms with Crippen molar-refractivity contribution in [3.05, 3.63) is 15.0 Å². The largest absolute Gasteiger partial charge is 0.300 e. The van der Waals surface area contributed by atoms with Gasteiger partial charge in [-0.1, -0.05) is 5.18 Å². The molecule has 6 heteroatoms. The molecule has 1 saturated carbocycles. The molecule has 0 aromatic heterocycles. The van der Waals surface area contributed by atoms with Crippen LogP contribution >= 0.6 is 0 Å². The Balaban J connectivity index is 2.72. The smallest absolute Gasteiger partial charge is 0.252 e. The highest BCUT2D eigenvalue weighted by Gasteiger charge is 2.36. The number of hydrogen-bond acceptors (Lipinski definition) is 5. The van der Waals surface area contributed by atoms with Crippen LogP contribution in [0.2, 0.25) is 0 Å². The quantitative estimate of drug-likeness (QED) is 0.380. The molecule has 0 aromatic carbocycles. The van der Waals surface area contributed by atoms with Crippen LogP contribution in [0.3, 0.4) is 0 Å². The van der Waals surface area contributed by atoms with Crippen LogP contribution in [-0.4, -0.2) is 22.7 Å². The van der Waals surface area contributed by atoms with Gasteiger partial charge in [0.15, 0.2) is 0 Å². The molecule has 12 heavy (non-hydrogen) atoms. The Kier molecular flexibility index (Phi) is 2.47. The second kappa shape index (κ2) is 3.38. The van der Waals surface area contributed by atoms with Crippen molar-refractivity contribution >= 4 is 5.71 Å². The van der Waals surface area contributed by atoms with Crippen molar-refractivity contribution in [1.29, 1.82) is 5.41 Å². The summed E-state index contributed by atoms with van der Waals surface area (Å²) in [6, 6.07) is -1.75. The summed E-state index contributed by atoms with van der Waals surface area (Å²) >= 11 is 0. The molecular weight excluding hydrogens is 162 g/mol. The van der Waals surface area contributed by atoms with Crippen LogP contribution in [0.15, 0.2) is 5.18 Å². The van der Waals surface area contributed by atoms with Gasteiger partial charge in [0.05, 0.1) is 0 Å². The summed E-state index contributed by atoms with van der Waals surface area (Å²) < 4.78 is 0. The zero-order valence-electron chi connectivity index (χ0n) is 6.40. The Bertz CT molecular complexity index is 228. The first-order valence-electron chi connectivity index (χ1n) is 3.71. The molecule has 1 aliphatic carbocycles. The highest BCUT2D eigenvalue weighted by molar-refractivity contribution is 5.91. The molecule has 66 valence electrons. The maximum Gasteiger partial charge on any atom is 0.252 e. The molecule has 1 rings (SSSR count). The molecule has 0 aliphatic heterocycles. The van der Waals surface area contributed by atoms with Gasteiger partial charge in [0.2, 0.25) is 0 Å². The van der Waals surface area contributed by atoms with Crippen LogP contribution in [-0.2, 0) is 0 Å². The third-order valence-electron chi connectivity index (χ3n) is 2.05. The third-order valence-corrected chi connectivity index (χ3v) is 2.05. The van der Waals surface area contributed by atoms with E-state index in [1.54, 1.807) is 0 Å². The molecular formula is C6H9N3O3. The predicted octanol–water partition coefficient (Wildman–Crippen LogP) is 0.970. The maximum absolute atomic E-state index is 10.3. The van der Waals surface area contributed by atoms with E-state index >= 15 is 0 Å². The highest BCUT2D eigenvalue weighted by atomic mass is 16.6. The van der Waals surface area contributed by atoms with Crippen molar-refractivity contribution in [1.82, 2.24) is 0 Å². The Morgan fingerprint density at radius 1 is 1.58 bits per heavy atom. The minimum Gasteiger partial charge on any atom is -0.300 e.